The second kappa shape index (κ2) is 9.81. The van der Waals surface area contributed by atoms with Crippen molar-refractivity contribution in [3.05, 3.63) is 42.4 Å². The zero-order valence-corrected chi connectivity index (χ0v) is 16.8. The average Bonchev–Trinajstić information content (AvgIpc) is 2.90. The summed E-state index contributed by atoms with van der Waals surface area (Å²) in [7, 11) is 0. The molecule has 0 aromatic carbocycles. The van der Waals surface area contributed by atoms with Crippen LogP contribution in [0.1, 0.15) is 36.0 Å². The maximum absolute atomic E-state index is 13.3. The molecule has 0 bridgehead atoms. The number of hydrogen-bond acceptors (Lipinski definition) is 7. The van der Waals surface area contributed by atoms with Crippen LogP contribution in [0.25, 0.3) is 0 Å². The zero-order chi connectivity index (χ0) is 23.3. The highest BCUT2D eigenvalue weighted by molar-refractivity contribution is 6.00. The molecule has 3 heterocycles. The summed E-state index contributed by atoms with van der Waals surface area (Å²) in [6.07, 6.45) is 5.36. The number of carbonyl (C=O) groups excluding carboxylic acids is 5. The first-order chi connectivity index (χ1) is 15.3. The molecule has 0 radical (unpaired) electrons. The van der Waals surface area contributed by atoms with Crippen molar-refractivity contribution >= 4 is 35.9 Å². The minimum absolute atomic E-state index is 0.0226. The fourth-order valence-electron chi connectivity index (χ4n) is 3.43. The van der Waals surface area contributed by atoms with Gasteiger partial charge in [0.05, 0.1) is 18.0 Å². The minimum Gasteiger partial charge on any atom is -0.481 e. The monoisotopic (exact) mass is 443 g/mol. The van der Waals surface area contributed by atoms with Crippen LogP contribution in [0, 0.1) is 0 Å². The van der Waals surface area contributed by atoms with Gasteiger partial charge in [-0.3, -0.25) is 29.0 Å². The molecule has 12 heteroatoms. The number of aldehydes is 1. The zero-order valence-electron chi connectivity index (χ0n) is 16.8. The van der Waals surface area contributed by atoms with Crippen molar-refractivity contribution in [1.29, 1.82) is 0 Å². The summed E-state index contributed by atoms with van der Waals surface area (Å²) >= 11 is 0. The Labute approximate surface area is 182 Å². The van der Waals surface area contributed by atoms with Crippen molar-refractivity contribution in [2.24, 2.45) is 0 Å². The minimum atomic E-state index is -1.29. The lowest BCUT2D eigenvalue weighted by atomic mass is 10.1. The lowest BCUT2D eigenvalue weighted by molar-refractivity contribution is -0.166. The number of nitrogens with zero attached hydrogens (tertiary/aromatic N) is 3. The van der Waals surface area contributed by atoms with Crippen LogP contribution >= 0.6 is 0 Å². The number of fused-ring (bicyclic) bond motifs is 1. The van der Waals surface area contributed by atoms with Crippen LogP contribution in [-0.2, 0) is 24.0 Å². The number of carboxylic acids is 1. The van der Waals surface area contributed by atoms with Crippen molar-refractivity contribution in [3.63, 3.8) is 0 Å². The maximum Gasteiger partial charge on any atom is 0.305 e. The van der Waals surface area contributed by atoms with Crippen LogP contribution in [-0.4, -0.2) is 74.1 Å². The van der Waals surface area contributed by atoms with E-state index in [1.165, 1.54) is 30.7 Å². The highest BCUT2D eigenvalue weighted by Gasteiger charge is 2.43. The highest BCUT2D eigenvalue weighted by Crippen LogP contribution is 2.24. The van der Waals surface area contributed by atoms with Crippen molar-refractivity contribution in [2.75, 3.05) is 0 Å². The number of aromatic nitrogens is 1. The Morgan fingerprint density at radius 1 is 1.31 bits per heavy atom. The second-order valence-electron chi connectivity index (χ2n) is 7.21. The number of hydrazine groups is 1. The van der Waals surface area contributed by atoms with Crippen LogP contribution in [0.5, 0.6) is 0 Å². The number of hydrogen-bond donors (Lipinski definition) is 3. The normalized spacial score (nSPS) is 21.2. The topological polar surface area (TPSA) is 166 Å². The molecule has 12 nitrogen and oxygen atoms in total. The van der Waals surface area contributed by atoms with Gasteiger partial charge in [-0.2, -0.15) is 0 Å². The molecule has 1 aromatic rings. The quantitative estimate of drug-likeness (QED) is 0.451. The lowest BCUT2D eigenvalue weighted by Gasteiger charge is -2.39. The van der Waals surface area contributed by atoms with Gasteiger partial charge in [0.1, 0.15) is 18.4 Å². The van der Waals surface area contributed by atoms with Gasteiger partial charge in [-0.15, -0.1) is 0 Å². The smallest absolute Gasteiger partial charge is 0.305 e. The van der Waals surface area contributed by atoms with Crippen molar-refractivity contribution in [1.82, 2.24) is 25.6 Å². The number of carboxylic acid groups (broad SMARTS) is 1. The van der Waals surface area contributed by atoms with Crippen LogP contribution in [0.4, 0.5) is 0 Å². The van der Waals surface area contributed by atoms with E-state index in [1.807, 2.05) is 0 Å². The third-order valence-corrected chi connectivity index (χ3v) is 4.98. The Hall–Kier alpha value is -4.09. The molecular weight excluding hydrogens is 422 g/mol. The molecule has 1 aromatic heterocycles. The van der Waals surface area contributed by atoms with Crippen LogP contribution < -0.4 is 10.6 Å². The molecular formula is C20H21N5O7. The summed E-state index contributed by atoms with van der Waals surface area (Å²) < 4.78 is 0. The van der Waals surface area contributed by atoms with E-state index in [-0.39, 0.29) is 31.1 Å². The van der Waals surface area contributed by atoms with Gasteiger partial charge in [0.15, 0.2) is 0 Å². The largest absolute Gasteiger partial charge is 0.481 e. The molecule has 4 amide bonds. The summed E-state index contributed by atoms with van der Waals surface area (Å²) in [6.45, 7) is 0. The van der Waals surface area contributed by atoms with E-state index < -0.39 is 54.1 Å². The maximum atomic E-state index is 13.3. The van der Waals surface area contributed by atoms with Crippen LogP contribution in [0.3, 0.4) is 0 Å². The Bertz CT molecular complexity index is 964. The average molecular weight is 443 g/mol. The van der Waals surface area contributed by atoms with Crippen LogP contribution in [0.15, 0.2) is 36.8 Å². The molecule has 3 atom stereocenters. The van der Waals surface area contributed by atoms with Gasteiger partial charge in [-0.25, -0.2) is 10.0 Å². The molecule has 168 valence electrons. The molecule has 32 heavy (non-hydrogen) atoms. The van der Waals surface area contributed by atoms with Gasteiger partial charge in [0, 0.05) is 25.0 Å². The standard InChI is InChI=1S/C20H21N5O7/c26-11-13(9-17(28)29)22-19(31)15-4-2-8-24-16(27)6-5-14(20(32)25(15)24)23-18(30)12-3-1-7-21-10-12/h1-3,7-8,10-11,13-15H,4-6,9H2,(H,22,31)(H,23,30)(H,28,29)/t13-,14-,15-/m0/s1. The van der Waals surface area contributed by atoms with Crippen molar-refractivity contribution in [2.45, 2.75) is 43.8 Å². The fourth-order valence-corrected chi connectivity index (χ4v) is 3.43. The molecule has 2 aliphatic rings. The van der Waals surface area contributed by atoms with E-state index in [9.17, 15) is 28.8 Å². The van der Waals surface area contributed by atoms with E-state index in [2.05, 4.69) is 15.6 Å². The summed E-state index contributed by atoms with van der Waals surface area (Å²) in [4.78, 5) is 77.0. The Morgan fingerprint density at radius 2 is 2.09 bits per heavy atom. The molecule has 2 aliphatic heterocycles. The Kier molecular flexibility index (Phi) is 6.93. The van der Waals surface area contributed by atoms with Gasteiger partial charge in [0.2, 0.25) is 11.8 Å². The summed E-state index contributed by atoms with van der Waals surface area (Å²) in [5.41, 5.74) is 0.225. The Balaban J connectivity index is 1.82. The van der Waals surface area contributed by atoms with Gasteiger partial charge in [0.25, 0.3) is 11.8 Å². The predicted molar refractivity (Wildman–Crippen MR) is 106 cm³/mol. The molecule has 1 fully saturated rings. The number of nitrogens with one attached hydrogen (secondary N) is 2. The first kappa shape index (κ1) is 22.6. The fraction of sp³-hybridized carbons (Fsp3) is 0.350. The first-order valence-corrected chi connectivity index (χ1v) is 9.82. The second-order valence-corrected chi connectivity index (χ2v) is 7.21. The van der Waals surface area contributed by atoms with Crippen molar-refractivity contribution < 1.29 is 33.9 Å². The SMILES string of the molecule is O=C[C@H](CC(=O)O)NC(=O)[C@@H]1CC=CN2C(=O)CC[C@H](NC(=O)c3cccnc3)C(=O)N12. The summed E-state index contributed by atoms with van der Waals surface area (Å²) in [6, 6.07) is -0.505. The number of amides is 4. The van der Waals surface area contributed by atoms with Gasteiger partial charge >= 0.3 is 5.97 Å². The van der Waals surface area contributed by atoms with Gasteiger partial charge in [-0.05, 0) is 25.0 Å². The van der Waals surface area contributed by atoms with E-state index in [4.69, 9.17) is 5.11 Å². The molecule has 0 saturated carbocycles. The van der Waals surface area contributed by atoms with E-state index in [0.29, 0.717) is 0 Å². The van der Waals surface area contributed by atoms with Gasteiger partial charge < -0.3 is 20.5 Å². The number of aliphatic carboxylic acids is 1. The van der Waals surface area contributed by atoms with E-state index in [1.54, 1.807) is 6.07 Å². The van der Waals surface area contributed by atoms with Gasteiger partial charge in [-0.1, -0.05) is 6.08 Å². The third-order valence-electron chi connectivity index (χ3n) is 4.98. The molecule has 3 N–H and O–H groups in total. The molecule has 0 spiro atoms. The number of pyridine rings is 1. The summed E-state index contributed by atoms with van der Waals surface area (Å²) in [5, 5.41) is 15.7. The molecule has 1 saturated heterocycles. The molecule has 0 aliphatic carbocycles. The van der Waals surface area contributed by atoms with Crippen molar-refractivity contribution in [3.8, 4) is 0 Å². The summed E-state index contributed by atoms with van der Waals surface area (Å²) in [5.74, 6) is -3.78. The number of rotatable bonds is 7. The van der Waals surface area contributed by atoms with E-state index in [0.717, 1.165) is 10.0 Å². The number of carbonyl (C=O) groups is 6. The molecule has 0 unspecified atom stereocenters. The van der Waals surface area contributed by atoms with E-state index >= 15 is 0 Å². The lowest BCUT2D eigenvalue weighted by Crippen LogP contribution is -2.62. The van der Waals surface area contributed by atoms with Crippen LogP contribution in [0.2, 0.25) is 0 Å². The Morgan fingerprint density at radius 3 is 2.75 bits per heavy atom. The third kappa shape index (κ3) is 4.96. The first-order valence-electron chi connectivity index (χ1n) is 9.82. The predicted octanol–water partition coefficient (Wildman–Crippen LogP) is -1.01. The molecule has 3 rings (SSSR count). The highest BCUT2D eigenvalue weighted by atomic mass is 16.4.